The van der Waals surface area contributed by atoms with Crippen LogP contribution in [0.2, 0.25) is 0 Å². The van der Waals surface area contributed by atoms with Gasteiger partial charge in [-0.05, 0) is 76.9 Å². The first-order valence-electron chi connectivity index (χ1n) is 7.21. The Kier molecular flexibility index (Phi) is 2.97. The zero-order valence-corrected chi connectivity index (χ0v) is 10.8. The number of hydrogen-bond donors (Lipinski definition) is 1. The van der Waals surface area contributed by atoms with Gasteiger partial charge in [-0.15, -0.1) is 0 Å². The molecule has 0 amide bonds. The van der Waals surface area contributed by atoms with Crippen LogP contribution in [-0.4, -0.2) is 37.1 Å². The molecule has 2 nitrogen and oxygen atoms in total. The Morgan fingerprint density at radius 2 is 1.94 bits per heavy atom. The molecule has 4 atom stereocenters. The molecule has 16 heavy (non-hydrogen) atoms. The topological polar surface area (TPSA) is 15.3 Å². The van der Waals surface area contributed by atoms with E-state index < -0.39 is 0 Å². The summed E-state index contributed by atoms with van der Waals surface area (Å²) in [6, 6.07) is 1.66. The monoisotopic (exact) mass is 222 g/mol. The Balaban J connectivity index is 1.69. The van der Waals surface area contributed by atoms with Crippen LogP contribution < -0.4 is 5.32 Å². The molecule has 0 aromatic rings. The number of piperidine rings is 3. The maximum atomic E-state index is 3.41. The van der Waals surface area contributed by atoms with Gasteiger partial charge in [-0.25, -0.2) is 0 Å². The Bertz CT molecular complexity index is 245. The second-order valence-corrected chi connectivity index (χ2v) is 6.29. The Hall–Kier alpha value is -0.0800. The summed E-state index contributed by atoms with van der Waals surface area (Å²) in [4.78, 5) is 2.82. The van der Waals surface area contributed by atoms with E-state index in [9.17, 15) is 0 Å². The van der Waals surface area contributed by atoms with Crippen molar-refractivity contribution < 1.29 is 0 Å². The fourth-order valence-corrected chi connectivity index (χ4v) is 4.66. The molecule has 4 aliphatic rings. The van der Waals surface area contributed by atoms with Crippen LogP contribution in [0.15, 0.2) is 0 Å². The van der Waals surface area contributed by atoms with Crippen LogP contribution in [0, 0.1) is 17.8 Å². The van der Waals surface area contributed by atoms with Crippen molar-refractivity contribution >= 4 is 0 Å². The van der Waals surface area contributed by atoms with Gasteiger partial charge in [0, 0.05) is 12.1 Å². The molecule has 3 aliphatic heterocycles. The fourth-order valence-electron chi connectivity index (χ4n) is 4.66. The Morgan fingerprint density at radius 3 is 2.62 bits per heavy atom. The predicted octanol–water partition coefficient (Wildman–Crippen LogP) is 2.10. The van der Waals surface area contributed by atoms with E-state index in [-0.39, 0.29) is 0 Å². The molecule has 2 bridgehead atoms. The highest BCUT2D eigenvalue weighted by Crippen LogP contribution is 2.49. The van der Waals surface area contributed by atoms with Gasteiger partial charge in [-0.2, -0.15) is 0 Å². The summed E-state index contributed by atoms with van der Waals surface area (Å²) in [6.07, 6.45) is 7.40. The van der Waals surface area contributed by atoms with Crippen LogP contribution in [0.5, 0.6) is 0 Å². The summed E-state index contributed by atoms with van der Waals surface area (Å²) in [5, 5.41) is 3.41. The molecule has 1 aliphatic carbocycles. The van der Waals surface area contributed by atoms with Crippen LogP contribution in [-0.2, 0) is 0 Å². The molecule has 3 saturated heterocycles. The molecule has 4 unspecified atom stereocenters. The SMILES string of the molecule is CNC(C)CC1CCC2C3CCN(CC3)C12. The van der Waals surface area contributed by atoms with Crippen LogP contribution in [0.25, 0.3) is 0 Å². The molecule has 1 saturated carbocycles. The molecular weight excluding hydrogens is 196 g/mol. The van der Waals surface area contributed by atoms with Crippen LogP contribution in [0.3, 0.4) is 0 Å². The van der Waals surface area contributed by atoms with Crippen molar-refractivity contribution in [2.75, 3.05) is 20.1 Å². The number of rotatable bonds is 3. The van der Waals surface area contributed by atoms with E-state index in [4.69, 9.17) is 0 Å². The smallest absolute Gasteiger partial charge is 0.0155 e. The van der Waals surface area contributed by atoms with E-state index in [1.807, 2.05) is 0 Å². The van der Waals surface area contributed by atoms with Gasteiger partial charge < -0.3 is 5.32 Å². The number of hydrogen-bond acceptors (Lipinski definition) is 2. The normalized spacial score (nSPS) is 48.0. The lowest BCUT2D eigenvalue weighted by atomic mass is 9.73. The maximum Gasteiger partial charge on any atom is 0.0155 e. The van der Waals surface area contributed by atoms with E-state index in [1.54, 1.807) is 0 Å². The van der Waals surface area contributed by atoms with Gasteiger partial charge in [0.25, 0.3) is 0 Å². The van der Waals surface area contributed by atoms with Gasteiger partial charge in [0.1, 0.15) is 0 Å². The maximum absolute atomic E-state index is 3.41. The lowest BCUT2D eigenvalue weighted by Gasteiger charge is -2.50. The minimum atomic E-state index is 0.699. The molecular formula is C14H26N2. The zero-order chi connectivity index (χ0) is 11.1. The molecule has 4 fully saturated rings. The number of nitrogens with zero attached hydrogens (tertiary/aromatic N) is 1. The van der Waals surface area contributed by atoms with Gasteiger partial charge in [0.05, 0.1) is 0 Å². The number of nitrogens with one attached hydrogen (secondary N) is 1. The first-order valence-corrected chi connectivity index (χ1v) is 7.21. The summed E-state index contributed by atoms with van der Waals surface area (Å²) in [5.74, 6) is 3.14. The molecule has 0 aromatic heterocycles. The van der Waals surface area contributed by atoms with E-state index in [0.29, 0.717) is 6.04 Å². The molecule has 92 valence electrons. The molecule has 1 N–H and O–H groups in total. The summed E-state index contributed by atoms with van der Waals surface area (Å²) in [7, 11) is 2.10. The third kappa shape index (κ3) is 1.70. The standard InChI is InChI=1S/C14H26N2/c1-10(15-2)9-12-3-4-13-11-5-7-16(8-6-11)14(12)13/h10-15H,3-9H2,1-2H3. The molecule has 0 radical (unpaired) electrons. The largest absolute Gasteiger partial charge is 0.317 e. The minimum Gasteiger partial charge on any atom is -0.317 e. The van der Waals surface area contributed by atoms with E-state index in [2.05, 4.69) is 24.2 Å². The first kappa shape index (κ1) is 11.0. The third-order valence-electron chi connectivity index (χ3n) is 5.54. The van der Waals surface area contributed by atoms with Crippen molar-refractivity contribution in [3.63, 3.8) is 0 Å². The van der Waals surface area contributed by atoms with Crippen LogP contribution in [0.4, 0.5) is 0 Å². The average Bonchev–Trinajstić information content (AvgIpc) is 2.77. The van der Waals surface area contributed by atoms with Gasteiger partial charge >= 0.3 is 0 Å². The summed E-state index contributed by atoms with van der Waals surface area (Å²) < 4.78 is 0. The average molecular weight is 222 g/mol. The van der Waals surface area contributed by atoms with Crippen LogP contribution in [0.1, 0.15) is 39.0 Å². The Morgan fingerprint density at radius 1 is 1.19 bits per heavy atom. The van der Waals surface area contributed by atoms with Crippen molar-refractivity contribution in [1.29, 1.82) is 0 Å². The second kappa shape index (κ2) is 4.30. The second-order valence-electron chi connectivity index (χ2n) is 6.29. The van der Waals surface area contributed by atoms with Gasteiger partial charge in [-0.3, -0.25) is 4.90 Å². The quantitative estimate of drug-likeness (QED) is 0.787. The van der Waals surface area contributed by atoms with E-state index in [0.717, 1.165) is 23.8 Å². The van der Waals surface area contributed by atoms with Gasteiger partial charge in [-0.1, -0.05) is 0 Å². The minimum absolute atomic E-state index is 0.699. The third-order valence-corrected chi connectivity index (χ3v) is 5.54. The number of fused-ring (bicyclic) bond motifs is 2. The van der Waals surface area contributed by atoms with E-state index in [1.165, 1.54) is 45.2 Å². The zero-order valence-electron chi connectivity index (χ0n) is 10.8. The van der Waals surface area contributed by atoms with Crippen molar-refractivity contribution in [3.8, 4) is 0 Å². The highest BCUT2D eigenvalue weighted by Gasteiger charge is 2.48. The Labute approximate surface area is 99.8 Å². The molecule has 0 aromatic carbocycles. The summed E-state index contributed by atoms with van der Waals surface area (Å²) in [6.45, 7) is 5.14. The van der Waals surface area contributed by atoms with Crippen LogP contribution >= 0.6 is 0 Å². The molecule has 2 heteroatoms. The van der Waals surface area contributed by atoms with Crippen molar-refractivity contribution in [2.24, 2.45) is 17.8 Å². The molecule has 0 spiro atoms. The summed E-state index contributed by atoms with van der Waals surface area (Å²) in [5.41, 5.74) is 0. The predicted molar refractivity (Wildman–Crippen MR) is 67.4 cm³/mol. The van der Waals surface area contributed by atoms with E-state index >= 15 is 0 Å². The summed E-state index contributed by atoms with van der Waals surface area (Å²) >= 11 is 0. The lowest BCUT2D eigenvalue weighted by Crippen LogP contribution is -2.55. The van der Waals surface area contributed by atoms with Gasteiger partial charge in [0.2, 0.25) is 0 Å². The first-order chi connectivity index (χ1) is 7.79. The molecule has 3 heterocycles. The fraction of sp³-hybridized carbons (Fsp3) is 1.00. The van der Waals surface area contributed by atoms with Crippen molar-refractivity contribution in [1.82, 2.24) is 10.2 Å². The van der Waals surface area contributed by atoms with Crippen molar-refractivity contribution in [3.05, 3.63) is 0 Å². The molecule has 4 rings (SSSR count). The van der Waals surface area contributed by atoms with Crippen molar-refractivity contribution in [2.45, 2.75) is 51.1 Å². The lowest BCUT2D eigenvalue weighted by molar-refractivity contribution is -0.0121. The highest BCUT2D eigenvalue weighted by atomic mass is 15.2. The van der Waals surface area contributed by atoms with Gasteiger partial charge in [0.15, 0.2) is 0 Å². The highest BCUT2D eigenvalue weighted by molar-refractivity contribution is 5.02.